The molecule has 0 amide bonds. The van der Waals surface area contributed by atoms with E-state index in [1.807, 2.05) is 0 Å². The van der Waals surface area contributed by atoms with E-state index in [9.17, 15) is 4.79 Å². The number of hydrogen-bond acceptors (Lipinski definition) is 5. The quantitative estimate of drug-likeness (QED) is 0.627. The molecule has 3 rings (SSSR count). The van der Waals surface area contributed by atoms with E-state index in [1.165, 1.54) is 0 Å². The van der Waals surface area contributed by atoms with Gasteiger partial charge in [0.25, 0.3) is 0 Å². The zero-order valence-corrected chi connectivity index (χ0v) is 7.93. The maximum absolute atomic E-state index is 11.5. The molecule has 2 saturated heterocycles. The SMILES string of the molecule is Cc1noc(C2CN3CC(=O)C2C3)n1. The predicted molar refractivity (Wildman–Crippen MR) is 46.7 cm³/mol. The highest BCUT2D eigenvalue weighted by Crippen LogP contribution is 2.36. The first-order valence-corrected chi connectivity index (χ1v) is 4.79. The normalized spacial score (nSPS) is 35.5. The van der Waals surface area contributed by atoms with Gasteiger partial charge in [-0.15, -0.1) is 0 Å². The highest BCUT2D eigenvalue weighted by Gasteiger charge is 2.47. The van der Waals surface area contributed by atoms with Gasteiger partial charge < -0.3 is 4.52 Å². The van der Waals surface area contributed by atoms with Crippen molar-refractivity contribution in [1.82, 2.24) is 15.0 Å². The third-order valence-corrected chi connectivity index (χ3v) is 3.05. The summed E-state index contributed by atoms with van der Waals surface area (Å²) in [5.74, 6) is 1.82. The Labute approximate surface area is 81.1 Å². The fourth-order valence-corrected chi connectivity index (χ4v) is 2.39. The number of aryl methyl sites for hydroxylation is 1. The molecule has 0 radical (unpaired) electrons. The molecule has 2 bridgehead atoms. The van der Waals surface area contributed by atoms with Crippen LogP contribution in [0.3, 0.4) is 0 Å². The molecule has 14 heavy (non-hydrogen) atoms. The maximum Gasteiger partial charge on any atom is 0.231 e. The Morgan fingerprint density at radius 3 is 2.79 bits per heavy atom. The molecular formula is C9H11N3O2. The smallest absolute Gasteiger partial charge is 0.231 e. The van der Waals surface area contributed by atoms with Crippen molar-refractivity contribution in [3.63, 3.8) is 0 Å². The summed E-state index contributed by atoms with van der Waals surface area (Å²) >= 11 is 0. The van der Waals surface area contributed by atoms with Gasteiger partial charge in [-0.05, 0) is 6.92 Å². The molecule has 0 N–H and O–H groups in total. The third kappa shape index (κ3) is 1.02. The molecule has 0 aliphatic carbocycles. The number of carbonyl (C=O) groups excluding carboxylic acids is 1. The molecule has 0 saturated carbocycles. The number of rotatable bonds is 1. The van der Waals surface area contributed by atoms with Gasteiger partial charge in [-0.25, -0.2) is 0 Å². The van der Waals surface area contributed by atoms with Crippen LogP contribution in [0.2, 0.25) is 0 Å². The number of ketones is 1. The van der Waals surface area contributed by atoms with E-state index in [-0.39, 0.29) is 11.8 Å². The molecule has 5 heteroatoms. The highest BCUT2D eigenvalue weighted by atomic mass is 16.5. The lowest BCUT2D eigenvalue weighted by Crippen LogP contribution is -2.29. The Kier molecular flexibility index (Phi) is 1.53. The van der Waals surface area contributed by atoms with Crippen molar-refractivity contribution in [3.05, 3.63) is 11.7 Å². The topological polar surface area (TPSA) is 59.2 Å². The first-order chi connectivity index (χ1) is 6.74. The van der Waals surface area contributed by atoms with Crippen molar-refractivity contribution in [2.75, 3.05) is 19.6 Å². The van der Waals surface area contributed by atoms with E-state index in [1.54, 1.807) is 6.92 Å². The lowest BCUT2D eigenvalue weighted by Gasteiger charge is -2.17. The molecule has 1 aromatic rings. The number of piperidine rings is 1. The van der Waals surface area contributed by atoms with Crippen LogP contribution in [-0.4, -0.2) is 40.5 Å². The van der Waals surface area contributed by atoms with E-state index >= 15 is 0 Å². The summed E-state index contributed by atoms with van der Waals surface area (Å²) in [4.78, 5) is 17.8. The van der Waals surface area contributed by atoms with Gasteiger partial charge >= 0.3 is 0 Å². The van der Waals surface area contributed by atoms with E-state index in [2.05, 4.69) is 15.0 Å². The monoisotopic (exact) mass is 193 g/mol. The minimum Gasteiger partial charge on any atom is -0.339 e. The second-order valence-corrected chi connectivity index (χ2v) is 4.05. The number of fused-ring (bicyclic) bond motifs is 2. The van der Waals surface area contributed by atoms with Crippen LogP contribution in [-0.2, 0) is 4.79 Å². The van der Waals surface area contributed by atoms with Crippen LogP contribution in [0.25, 0.3) is 0 Å². The Hall–Kier alpha value is -1.23. The number of nitrogens with zero attached hydrogens (tertiary/aromatic N) is 3. The van der Waals surface area contributed by atoms with Crippen molar-refractivity contribution >= 4 is 5.78 Å². The lowest BCUT2D eigenvalue weighted by atomic mass is 9.91. The van der Waals surface area contributed by atoms with Crippen LogP contribution in [0.15, 0.2) is 4.52 Å². The van der Waals surface area contributed by atoms with Crippen LogP contribution >= 0.6 is 0 Å². The zero-order valence-electron chi connectivity index (χ0n) is 7.93. The fourth-order valence-electron chi connectivity index (χ4n) is 2.39. The van der Waals surface area contributed by atoms with E-state index in [0.29, 0.717) is 24.0 Å². The van der Waals surface area contributed by atoms with Crippen LogP contribution in [0.5, 0.6) is 0 Å². The second-order valence-electron chi connectivity index (χ2n) is 4.05. The molecule has 2 fully saturated rings. The Balaban J connectivity index is 1.91. The predicted octanol–water partition coefficient (Wildman–Crippen LogP) is -0.0239. The Morgan fingerprint density at radius 1 is 1.43 bits per heavy atom. The Bertz CT molecular complexity index is 387. The molecule has 74 valence electrons. The van der Waals surface area contributed by atoms with Crippen molar-refractivity contribution in [1.29, 1.82) is 0 Å². The van der Waals surface area contributed by atoms with Crippen LogP contribution in [0, 0.1) is 12.8 Å². The summed E-state index contributed by atoms with van der Waals surface area (Å²) in [5.41, 5.74) is 0. The number of hydrogen-bond donors (Lipinski definition) is 0. The number of aromatic nitrogens is 2. The summed E-state index contributed by atoms with van der Waals surface area (Å²) in [7, 11) is 0. The second kappa shape index (κ2) is 2.63. The van der Waals surface area contributed by atoms with Crippen LogP contribution in [0.1, 0.15) is 17.6 Å². The molecule has 3 heterocycles. The zero-order chi connectivity index (χ0) is 9.71. The summed E-state index contributed by atoms with van der Waals surface area (Å²) in [6.07, 6.45) is 0. The Morgan fingerprint density at radius 2 is 2.21 bits per heavy atom. The molecule has 2 aliphatic rings. The molecule has 2 aliphatic heterocycles. The number of carbonyl (C=O) groups is 1. The molecule has 0 aromatic carbocycles. The first-order valence-electron chi connectivity index (χ1n) is 4.79. The minimum atomic E-state index is 0.0925. The largest absolute Gasteiger partial charge is 0.339 e. The summed E-state index contributed by atoms with van der Waals surface area (Å²) in [5, 5.41) is 3.75. The van der Waals surface area contributed by atoms with E-state index < -0.39 is 0 Å². The first kappa shape index (κ1) is 8.11. The lowest BCUT2D eigenvalue weighted by molar-refractivity contribution is -0.121. The van der Waals surface area contributed by atoms with Gasteiger partial charge in [0, 0.05) is 19.0 Å². The van der Waals surface area contributed by atoms with E-state index in [4.69, 9.17) is 4.52 Å². The fraction of sp³-hybridized carbons (Fsp3) is 0.667. The average Bonchev–Trinajstić information content (AvgIpc) is 2.77. The average molecular weight is 193 g/mol. The van der Waals surface area contributed by atoms with Gasteiger partial charge in [0.2, 0.25) is 5.89 Å². The van der Waals surface area contributed by atoms with Crippen molar-refractivity contribution in [2.24, 2.45) is 5.92 Å². The van der Waals surface area contributed by atoms with Gasteiger partial charge in [0.05, 0.1) is 12.5 Å². The van der Waals surface area contributed by atoms with Gasteiger partial charge in [0.1, 0.15) is 0 Å². The molecule has 3 unspecified atom stereocenters. The summed E-state index contributed by atoms with van der Waals surface area (Å²) < 4.78 is 5.11. The standard InChI is InChI=1S/C9H11N3O2/c1-5-10-9(14-11-5)7-3-12-2-6(7)8(13)4-12/h6-7H,2-4H2,1H3. The van der Waals surface area contributed by atoms with Crippen LogP contribution in [0.4, 0.5) is 0 Å². The minimum absolute atomic E-state index is 0.0925. The maximum atomic E-state index is 11.5. The molecule has 0 spiro atoms. The van der Waals surface area contributed by atoms with Gasteiger partial charge in [-0.2, -0.15) is 4.98 Å². The summed E-state index contributed by atoms with van der Waals surface area (Å²) in [6, 6.07) is 0. The van der Waals surface area contributed by atoms with Crippen molar-refractivity contribution in [3.8, 4) is 0 Å². The number of Topliss-reactive ketones (excluding diaryl/α,β-unsaturated/α-hetero) is 1. The van der Waals surface area contributed by atoms with Crippen molar-refractivity contribution in [2.45, 2.75) is 12.8 Å². The van der Waals surface area contributed by atoms with Gasteiger partial charge in [0.15, 0.2) is 11.6 Å². The molecule has 1 aromatic heterocycles. The molecule has 5 nitrogen and oxygen atoms in total. The molecular weight excluding hydrogens is 182 g/mol. The van der Waals surface area contributed by atoms with Gasteiger partial charge in [-0.3, -0.25) is 9.69 Å². The van der Waals surface area contributed by atoms with Gasteiger partial charge in [-0.1, -0.05) is 5.16 Å². The van der Waals surface area contributed by atoms with E-state index in [0.717, 1.165) is 13.1 Å². The third-order valence-electron chi connectivity index (χ3n) is 3.05. The summed E-state index contributed by atoms with van der Waals surface area (Å²) in [6.45, 7) is 4.15. The van der Waals surface area contributed by atoms with Crippen molar-refractivity contribution < 1.29 is 9.32 Å². The highest BCUT2D eigenvalue weighted by molar-refractivity contribution is 5.87. The molecule has 3 atom stereocenters. The van der Waals surface area contributed by atoms with Crippen LogP contribution < -0.4 is 0 Å².